The van der Waals surface area contributed by atoms with Gasteiger partial charge in [0.05, 0.1) is 17.3 Å². The number of anilines is 1. The zero-order chi connectivity index (χ0) is 11.5. The third kappa shape index (κ3) is 2.60. The fraction of sp³-hybridized carbons (Fsp3) is 0.167. The van der Waals surface area contributed by atoms with Gasteiger partial charge in [0.1, 0.15) is 5.76 Å². The fourth-order valence-electron chi connectivity index (χ4n) is 1.44. The van der Waals surface area contributed by atoms with Gasteiger partial charge >= 0.3 is 0 Å². The van der Waals surface area contributed by atoms with Crippen LogP contribution in [-0.2, 0) is 0 Å². The fourth-order valence-corrected chi connectivity index (χ4v) is 1.94. The van der Waals surface area contributed by atoms with E-state index in [0.717, 1.165) is 15.9 Å². The zero-order valence-corrected chi connectivity index (χ0v) is 11.0. The van der Waals surface area contributed by atoms with Crippen molar-refractivity contribution < 1.29 is 4.42 Å². The third-order valence-electron chi connectivity index (χ3n) is 2.27. The van der Waals surface area contributed by atoms with Crippen LogP contribution in [0.5, 0.6) is 0 Å². The number of hydrogen-bond acceptors (Lipinski definition) is 2. The Morgan fingerprint density at radius 1 is 1.38 bits per heavy atom. The number of halogens is 2. The van der Waals surface area contributed by atoms with Crippen molar-refractivity contribution in [1.29, 1.82) is 0 Å². The van der Waals surface area contributed by atoms with Gasteiger partial charge in [0.2, 0.25) is 0 Å². The molecule has 0 radical (unpaired) electrons. The van der Waals surface area contributed by atoms with Crippen LogP contribution in [0.3, 0.4) is 0 Å². The second-order valence-electron chi connectivity index (χ2n) is 3.51. The van der Waals surface area contributed by atoms with Crippen molar-refractivity contribution in [1.82, 2.24) is 0 Å². The van der Waals surface area contributed by atoms with Crippen molar-refractivity contribution >= 4 is 33.2 Å². The first-order valence-electron chi connectivity index (χ1n) is 4.92. The average molecular weight is 301 g/mol. The van der Waals surface area contributed by atoms with Crippen LogP contribution >= 0.6 is 27.5 Å². The summed E-state index contributed by atoms with van der Waals surface area (Å²) in [5.41, 5.74) is 1.00. The van der Waals surface area contributed by atoms with Crippen LogP contribution in [0.15, 0.2) is 45.5 Å². The predicted molar refractivity (Wildman–Crippen MR) is 69.9 cm³/mol. The highest BCUT2D eigenvalue weighted by molar-refractivity contribution is 9.10. The molecule has 1 atom stereocenters. The molecule has 0 spiro atoms. The van der Waals surface area contributed by atoms with E-state index in [1.807, 2.05) is 37.3 Å². The van der Waals surface area contributed by atoms with Crippen LogP contribution in [0.25, 0.3) is 0 Å². The van der Waals surface area contributed by atoms with Gasteiger partial charge in [-0.05, 0) is 53.2 Å². The lowest BCUT2D eigenvalue weighted by atomic mass is 10.2. The molecule has 1 aromatic heterocycles. The van der Waals surface area contributed by atoms with Crippen molar-refractivity contribution in [3.8, 4) is 0 Å². The highest BCUT2D eigenvalue weighted by Crippen LogP contribution is 2.27. The van der Waals surface area contributed by atoms with E-state index in [1.165, 1.54) is 0 Å². The molecule has 84 valence electrons. The molecule has 0 bridgehead atoms. The van der Waals surface area contributed by atoms with Crippen LogP contribution in [0, 0.1) is 0 Å². The molecule has 0 amide bonds. The minimum Gasteiger partial charge on any atom is -0.467 e. The summed E-state index contributed by atoms with van der Waals surface area (Å²) in [6.07, 6.45) is 1.67. The molecule has 0 aliphatic carbocycles. The molecule has 0 fully saturated rings. The summed E-state index contributed by atoms with van der Waals surface area (Å²) in [4.78, 5) is 0. The molecule has 0 saturated carbocycles. The Balaban J connectivity index is 2.12. The largest absolute Gasteiger partial charge is 0.467 e. The minimum absolute atomic E-state index is 0.128. The summed E-state index contributed by atoms with van der Waals surface area (Å²) in [7, 11) is 0. The van der Waals surface area contributed by atoms with Gasteiger partial charge < -0.3 is 9.73 Å². The normalized spacial score (nSPS) is 12.4. The average Bonchev–Trinajstić information content (AvgIpc) is 2.77. The topological polar surface area (TPSA) is 25.2 Å². The second kappa shape index (κ2) is 4.93. The van der Waals surface area contributed by atoms with E-state index >= 15 is 0 Å². The Morgan fingerprint density at radius 2 is 2.19 bits per heavy atom. The standard InChI is InChI=1S/C12H11BrClNO/c1-8(12-3-2-6-16-12)15-9-4-5-11(14)10(13)7-9/h2-8,15H,1H3. The third-order valence-corrected chi connectivity index (χ3v) is 3.49. The Labute approximate surface area is 108 Å². The Morgan fingerprint density at radius 3 is 2.81 bits per heavy atom. The zero-order valence-electron chi connectivity index (χ0n) is 8.71. The van der Waals surface area contributed by atoms with Gasteiger partial charge in [-0.1, -0.05) is 11.6 Å². The lowest BCUT2D eigenvalue weighted by molar-refractivity contribution is 0.490. The van der Waals surface area contributed by atoms with E-state index in [9.17, 15) is 0 Å². The monoisotopic (exact) mass is 299 g/mol. The van der Waals surface area contributed by atoms with Gasteiger partial charge in [-0.3, -0.25) is 0 Å². The van der Waals surface area contributed by atoms with Crippen LogP contribution < -0.4 is 5.32 Å². The molecule has 1 unspecified atom stereocenters. The van der Waals surface area contributed by atoms with Gasteiger partial charge in [0, 0.05) is 10.2 Å². The summed E-state index contributed by atoms with van der Waals surface area (Å²) < 4.78 is 6.20. The highest BCUT2D eigenvalue weighted by Gasteiger charge is 2.08. The van der Waals surface area contributed by atoms with E-state index in [-0.39, 0.29) is 6.04 Å². The van der Waals surface area contributed by atoms with Crippen LogP contribution in [0.4, 0.5) is 5.69 Å². The van der Waals surface area contributed by atoms with Crippen molar-refractivity contribution in [3.05, 3.63) is 51.9 Å². The van der Waals surface area contributed by atoms with E-state index in [4.69, 9.17) is 16.0 Å². The van der Waals surface area contributed by atoms with Gasteiger partial charge in [-0.25, -0.2) is 0 Å². The number of furan rings is 1. The van der Waals surface area contributed by atoms with Gasteiger partial charge in [0.25, 0.3) is 0 Å². The van der Waals surface area contributed by atoms with E-state index in [0.29, 0.717) is 5.02 Å². The molecule has 2 rings (SSSR count). The molecule has 16 heavy (non-hydrogen) atoms. The van der Waals surface area contributed by atoms with E-state index < -0.39 is 0 Å². The molecule has 4 heteroatoms. The lowest BCUT2D eigenvalue weighted by Crippen LogP contribution is -2.05. The Hall–Kier alpha value is -0.930. The van der Waals surface area contributed by atoms with Crippen molar-refractivity contribution in [2.45, 2.75) is 13.0 Å². The second-order valence-corrected chi connectivity index (χ2v) is 4.77. The first kappa shape index (κ1) is 11.6. The maximum Gasteiger partial charge on any atom is 0.125 e. The molecule has 1 aromatic carbocycles. The number of rotatable bonds is 3. The minimum atomic E-state index is 0.128. The predicted octanol–water partition coefficient (Wildman–Crippen LogP) is 4.87. The first-order valence-corrected chi connectivity index (χ1v) is 6.09. The van der Waals surface area contributed by atoms with Gasteiger partial charge in [-0.15, -0.1) is 0 Å². The SMILES string of the molecule is CC(Nc1ccc(Cl)c(Br)c1)c1ccco1. The van der Waals surface area contributed by atoms with Crippen LogP contribution in [-0.4, -0.2) is 0 Å². The molecule has 2 aromatic rings. The molecule has 1 N–H and O–H groups in total. The maximum atomic E-state index is 5.92. The van der Waals surface area contributed by atoms with E-state index in [2.05, 4.69) is 21.2 Å². The first-order chi connectivity index (χ1) is 7.66. The molecular formula is C12H11BrClNO. The summed E-state index contributed by atoms with van der Waals surface area (Å²) >= 11 is 9.31. The van der Waals surface area contributed by atoms with Crippen molar-refractivity contribution in [2.75, 3.05) is 5.32 Å². The molecule has 0 aliphatic rings. The van der Waals surface area contributed by atoms with E-state index in [1.54, 1.807) is 6.26 Å². The maximum absolute atomic E-state index is 5.92. The van der Waals surface area contributed by atoms with Gasteiger partial charge in [-0.2, -0.15) is 0 Å². The molecular weight excluding hydrogens is 289 g/mol. The van der Waals surface area contributed by atoms with Crippen molar-refractivity contribution in [3.63, 3.8) is 0 Å². The van der Waals surface area contributed by atoms with Crippen LogP contribution in [0.2, 0.25) is 5.02 Å². The highest BCUT2D eigenvalue weighted by atomic mass is 79.9. The quantitative estimate of drug-likeness (QED) is 0.875. The Bertz CT molecular complexity index is 470. The Kier molecular flexibility index (Phi) is 3.56. The summed E-state index contributed by atoms with van der Waals surface area (Å²) in [5, 5.41) is 4.03. The van der Waals surface area contributed by atoms with Gasteiger partial charge in [0.15, 0.2) is 0 Å². The number of benzene rings is 1. The summed E-state index contributed by atoms with van der Waals surface area (Å²) in [6.45, 7) is 2.04. The molecule has 2 nitrogen and oxygen atoms in total. The molecule has 0 saturated heterocycles. The summed E-state index contributed by atoms with van der Waals surface area (Å²) in [6, 6.07) is 9.69. The molecule has 1 heterocycles. The van der Waals surface area contributed by atoms with Crippen molar-refractivity contribution in [2.24, 2.45) is 0 Å². The van der Waals surface area contributed by atoms with Crippen LogP contribution in [0.1, 0.15) is 18.7 Å². The molecule has 0 aliphatic heterocycles. The summed E-state index contributed by atoms with van der Waals surface area (Å²) in [5.74, 6) is 0.908. The number of hydrogen-bond donors (Lipinski definition) is 1. The lowest BCUT2D eigenvalue weighted by Gasteiger charge is -2.13. The number of nitrogens with one attached hydrogen (secondary N) is 1. The smallest absolute Gasteiger partial charge is 0.125 e.